The molecule has 3 nitrogen and oxygen atoms in total. The molecule has 27 heavy (non-hydrogen) atoms. The van der Waals surface area contributed by atoms with E-state index in [1.807, 2.05) is 0 Å². The number of hydrogen-bond acceptors (Lipinski definition) is 2. The molecule has 0 N–H and O–H groups in total. The van der Waals surface area contributed by atoms with Crippen LogP contribution in [-0.2, 0) is 0 Å². The van der Waals surface area contributed by atoms with Crippen molar-refractivity contribution in [3.05, 3.63) is 57.6 Å². The molecule has 1 aliphatic rings. The van der Waals surface area contributed by atoms with Crippen molar-refractivity contribution in [2.45, 2.75) is 33.1 Å². The fourth-order valence-corrected chi connectivity index (χ4v) is 5.27. The molecule has 0 amide bonds. The highest BCUT2D eigenvalue weighted by atomic mass is 79.9. The molecule has 1 saturated heterocycles. The number of anilines is 1. The van der Waals surface area contributed by atoms with E-state index in [2.05, 4.69) is 85.6 Å². The Balaban J connectivity index is 1.84. The number of aryl methyl sites for hydroxylation is 2. The maximum absolute atomic E-state index is 5.88. The fraction of sp³-hybridized carbons (Fsp3) is 0.364. The summed E-state index contributed by atoms with van der Waals surface area (Å²) in [6, 6.07) is 8.49. The Bertz CT molecular complexity index is 985. The van der Waals surface area contributed by atoms with Gasteiger partial charge in [0.1, 0.15) is 5.65 Å². The quantitative estimate of drug-likeness (QED) is 0.420. The second-order valence-corrected chi connectivity index (χ2v) is 9.20. The van der Waals surface area contributed by atoms with Crippen molar-refractivity contribution < 1.29 is 0 Å². The highest BCUT2D eigenvalue weighted by Gasteiger charge is 2.23. The number of piperidine rings is 1. The van der Waals surface area contributed by atoms with Crippen LogP contribution in [0.5, 0.6) is 0 Å². The lowest BCUT2D eigenvalue weighted by atomic mass is 9.94. The van der Waals surface area contributed by atoms with Crippen LogP contribution in [0, 0.1) is 26.7 Å². The van der Waals surface area contributed by atoms with Crippen LogP contribution in [0.25, 0.3) is 16.7 Å². The summed E-state index contributed by atoms with van der Waals surface area (Å²) in [6.45, 7) is 12.3. The van der Waals surface area contributed by atoms with Crippen LogP contribution in [0.2, 0.25) is 0 Å². The number of aromatic nitrogens is 2. The number of halogens is 2. The van der Waals surface area contributed by atoms with Crippen LogP contribution in [0.15, 0.2) is 39.4 Å². The van der Waals surface area contributed by atoms with Crippen molar-refractivity contribution in [2.24, 2.45) is 5.92 Å². The van der Waals surface area contributed by atoms with Crippen LogP contribution < -0.4 is 4.90 Å². The van der Waals surface area contributed by atoms with Gasteiger partial charge in [-0.3, -0.25) is 4.57 Å². The topological polar surface area (TPSA) is 21.1 Å². The minimum atomic E-state index is 0.657. The molecule has 140 valence electrons. The fourth-order valence-electron chi connectivity index (χ4n) is 4.03. The monoisotopic (exact) mass is 487 g/mol. The first-order chi connectivity index (χ1) is 13.0. The van der Waals surface area contributed by atoms with Crippen molar-refractivity contribution in [1.82, 2.24) is 9.55 Å². The molecule has 1 aliphatic heterocycles. The lowest BCUT2D eigenvalue weighted by Crippen LogP contribution is -2.33. The Morgan fingerprint density at radius 1 is 1.11 bits per heavy atom. The minimum absolute atomic E-state index is 0.657. The van der Waals surface area contributed by atoms with Crippen LogP contribution in [0.3, 0.4) is 0 Å². The first-order valence-corrected chi connectivity index (χ1v) is 11.0. The molecule has 0 atom stereocenters. The van der Waals surface area contributed by atoms with Crippen LogP contribution in [0.1, 0.15) is 30.5 Å². The van der Waals surface area contributed by atoms with Gasteiger partial charge in [-0.2, -0.15) is 0 Å². The van der Waals surface area contributed by atoms with E-state index in [0.29, 0.717) is 5.92 Å². The molecular formula is C22H23Br2N3. The molecule has 2 radical (unpaired) electrons. The Morgan fingerprint density at radius 3 is 2.52 bits per heavy atom. The average Bonchev–Trinajstić information content (AvgIpc) is 2.97. The lowest BCUT2D eigenvalue weighted by Gasteiger charge is -2.34. The SMILES string of the molecule is [CH]CC1CCN(c2cc(C)nc3c2c(C)cn3-c2ccc(Br)cc2Br)CC1. The molecule has 5 heteroatoms. The molecule has 2 aromatic heterocycles. The van der Waals surface area contributed by atoms with Gasteiger partial charge in [0.2, 0.25) is 0 Å². The molecule has 0 aliphatic carbocycles. The van der Waals surface area contributed by atoms with E-state index in [1.165, 1.54) is 16.6 Å². The van der Waals surface area contributed by atoms with E-state index < -0.39 is 0 Å². The summed E-state index contributed by atoms with van der Waals surface area (Å²) in [5, 5.41) is 1.25. The maximum Gasteiger partial charge on any atom is 0.147 e. The normalized spacial score (nSPS) is 15.7. The van der Waals surface area contributed by atoms with Gasteiger partial charge in [-0.05, 0) is 91.7 Å². The minimum Gasteiger partial charge on any atom is -0.371 e. The Morgan fingerprint density at radius 2 is 1.85 bits per heavy atom. The third kappa shape index (κ3) is 3.56. The molecule has 0 saturated carbocycles. The van der Waals surface area contributed by atoms with Gasteiger partial charge in [0.25, 0.3) is 0 Å². The molecule has 4 rings (SSSR count). The van der Waals surface area contributed by atoms with E-state index in [1.54, 1.807) is 0 Å². The molecule has 1 aromatic carbocycles. The van der Waals surface area contributed by atoms with E-state index in [9.17, 15) is 0 Å². The van der Waals surface area contributed by atoms with Crippen LogP contribution in [0.4, 0.5) is 5.69 Å². The summed E-state index contributed by atoms with van der Waals surface area (Å²) >= 11 is 7.25. The predicted octanol–water partition coefficient (Wildman–Crippen LogP) is 6.48. The first-order valence-electron chi connectivity index (χ1n) is 9.37. The Hall–Kier alpha value is -1.33. The predicted molar refractivity (Wildman–Crippen MR) is 120 cm³/mol. The van der Waals surface area contributed by atoms with E-state index in [4.69, 9.17) is 11.9 Å². The van der Waals surface area contributed by atoms with Crippen molar-refractivity contribution in [2.75, 3.05) is 18.0 Å². The van der Waals surface area contributed by atoms with Crippen LogP contribution >= 0.6 is 31.9 Å². The number of nitrogens with zero attached hydrogens (tertiary/aromatic N) is 3. The number of benzene rings is 1. The van der Waals surface area contributed by atoms with Gasteiger partial charge in [0.05, 0.1) is 5.69 Å². The summed E-state index contributed by atoms with van der Waals surface area (Å²) in [4.78, 5) is 7.42. The van der Waals surface area contributed by atoms with E-state index in [-0.39, 0.29) is 0 Å². The van der Waals surface area contributed by atoms with Crippen molar-refractivity contribution in [3.8, 4) is 5.69 Å². The number of rotatable bonds is 3. The second-order valence-electron chi connectivity index (χ2n) is 7.43. The third-order valence-electron chi connectivity index (χ3n) is 5.51. The van der Waals surface area contributed by atoms with E-state index >= 15 is 0 Å². The lowest BCUT2D eigenvalue weighted by molar-refractivity contribution is 0.409. The van der Waals surface area contributed by atoms with Gasteiger partial charge in [-0.25, -0.2) is 4.98 Å². The van der Waals surface area contributed by atoms with Crippen molar-refractivity contribution >= 4 is 48.6 Å². The number of fused-ring (bicyclic) bond motifs is 1. The zero-order valence-corrected chi connectivity index (χ0v) is 18.8. The summed E-state index contributed by atoms with van der Waals surface area (Å²) in [5.74, 6) is 0.657. The second kappa shape index (κ2) is 7.59. The summed E-state index contributed by atoms with van der Waals surface area (Å²) in [5.41, 5.74) is 5.72. The average molecular weight is 489 g/mol. The Labute approximate surface area is 178 Å². The smallest absolute Gasteiger partial charge is 0.147 e. The highest BCUT2D eigenvalue weighted by Crippen LogP contribution is 2.36. The molecule has 0 bridgehead atoms. The highest BCUT2D eigenvalue weighted by molar-refractivity contribution is 9.11. The van der Waals surface area contributed by atoms with Gasteiger partial charge in [-0.15, -0.1) is 0 Å². The largest absolute Gasteiger partial charge is 0.371 e. The molecular weight excluding hydrogens is 466 g/mol. The third-order valence-corrected chi connectivity index (χ3v) is 6.64. The zero-order valence-electron chi connectivity index (χ0n) is 15.7. The molecule has 0 spiro atoms. The van der Waals surface area contributed by atoms with Crippen molar-refractivity contribution in [1.29, 1.82) is 0 Å². The van der Waals surface area contributed by atoms with Gasteiger partial charge < -0.3 is 4.90 Å². The summed E-state index contributed by atoms with van der Waals surface area (Å²) < 4.78 is 4.30. The molecule has 3 aromatic rings. The molecule has 0 unspecified atom stereocenters. The summed E-state index contributed by atoms with van der Waals surface area (Å²) in [6.07, 6.45) is 5.32. The molecule has 3 heterocycles. The van der Waals surface area contributed by atoms with Gasteiger partial charge >= 0.3 is 0 Å². The number of hydrogen-bond donors (Lipinski definition) is 0. The standard InChI is InChI=1S/C22H23Br2N3/c1-4-16-7-9-26(10-8-16)20-11-15(3)25-22-21(20)14(2)13-27(22)19-6-5-17(23)12-18(19)24/h1,5-6,11-13,16H,4,7-10H2,2-3H3. The summed E-state index contributed by atoms with van der Waals surface area (Å²) in [7, 11) is 0. The van der Waals surface area contributed by atoms with Gasteiger partial charge in [0, 0.05) is 45.0 Å². The van der Waals surface area contributed by atoms with Crippen molar-refractivity contribution in [3.63, 3.8) is 0 Å². The number of pyridine rings is 1. The van der Waals surface area contributed by atoms with Gasteiger partial charge in [0.15, 0.2) is 0 Å². The van der Waals surface area contributed by atoms with E-state index in [0.717, 1.165) is 58.3 Å². The molecule has 1 fully saturated rings. The Kier molecular flexibility index (Phi) is 5.34. The zero-order chi connectivity index (χ0) is 19.1. The first kappa shape index (κ1) is 19.0. The van der Waals surface area contributed by atoms with Gasteiger partial charge in [-0.1, -0.05) is 15.9 Å². The van der Waals surface area contributed by atoms with Crippen LogP contribution in [-0.4, -0.2) is 22.6 Å². The maximum atomic E-state index is 5.88.